The lowest BCUT2D eigenvalue weighted by Gasteiger charge is -2.33. The molecule has 0 unspecified atom stereocenters. The summed E-state index contributed by atoms with van der Waals surface area (Å²) in [5.74, 6) is 1.64. The van der Waals surface area contributed by atoms with Crippen LogP contribution in [0.15, 0.2) is 12.1 Å². The Bertz CT molecular complexity index is 325. The Morgan fingerprint density at radius 1 is 1.50 bits per heavy atom. The van der Waals surface area contributed by atoms with E-state index in [9.17, 15) is 0 Å². The normalized spacial score (nSPS) is 21.1. The van der Waals surface area contributed by atoms with Crippen LogP contribution in [0.1, 0.15) is 12.8 Å². The van der Waals surface area contributed by atoms with Crippen molar-refractivity contribution in [1.29, 1.82) is 0 Å². The largest absolute Gasteiger partial charge is 0.355 e. The lowest BCUT2D eigenvalue weighted by molar-refractivity contribution is 0.400. The lowest BCUT2D eigenvalue weighted by atomic mass is 9.98. The first-order valence-corrected chi connectivity index (χ1v) is 6.06. The third kappa shape index (κ3) is 2.83. The summed E-state index contributed by atoms with van der Waals surface area (Å²) in [4.78, 5) is 2.29. The average Bonchev–Trinajstić information content (AvgIpc) is 2.31. The molecule has 1 atom stereocenters. The maximum atomic E-state index is 5.73. The van der Waals surface area contributed by atoms with Gasteiger partial charge in [-0.2, -0.15) is 0 Å². The molecule has 0 radical (unpaired) electrons. The van der Waals surface area contributed by atoms with Crippen molar-refractivity contribution in [2.75, 3.05) is 31.6 Å². The van der Waals surface area contributed by atoms with E-state index in [4.69, 9.17) is 11.6 Å². The molecule has 1 saturated heterocycles. The van der Waals surface area contributed by atoms with Crippen LogP contribution in [0.3, 0.4) is 0 Å². The standard InChI is InChI=1S/C11H17ClN4/c1-13-7-9-3-2-6-16(8-9)11-5-4-10(12)14-15-11/h4-5,9,13H,2-3,6-8H2,1H3/t9-/m0/s1. The van der Waals surface area contributed by atoms with E-state index in [1.54, 1.807) is 6.07 Å². The van der Waals surface area contributed by atoms with Crippen molar-refractivity contribution in [2.45, 2.75) is 12.8 Å². The van der Waals surface area contributed by atoms with Gasteiger partial charge in [-0.05, 0) is 44.5 Å². The van der Waals surface area contributed by atoms with E-state index < -0.39 is 0 Å². The van der Waals surface area contributed by atoms with Crippen molar-refractivity contribution < 1.29 is 0 Å². The summed E-state index contributed by atoms with van der Waals surface area (Å²) >= 11 is 5.73. The summed E-state index contributed by atoms with van der Waals surface area (Å²) in [5.41, 5.74) is 0. The highest BCUT2D eigenvalue weighted by molar-refractivity contribution is 6.29. The quantitative estimate of drug-likeness (QED) is 0.871. The lowest BCUT2D eigenvalue weighted by Crippen LogP contribution is -2.39. The van der Waals surface area contributed by atoms with Gasteiger partial charge in [0.25, 0.3) is 0 Å². The van der Waals surface area contributed by atoms with Crippen molar-refractivity contribution in [3.8, 4) is 0 Å². The van der Waals surface area contributed by atoms with Crippen molar-refractivity contribution in [3.63, 3.8) is 0 Å². The summed E-state index contributed by atoms with van der Waals surface area (Å²) in [5, 5.41) is 11.7. The van der Waals surface area contributed by atoms with Crippen LogP contribution in [0.25, 0.3) is 0 Å². The van der Waals surface area contributed by atoms with Crippen LogP contribution < -0.4 is 10.2 Å². The molecule has 16 heavy (non-hydrogen) atoms. The van der Waals surface area contributed by atoms with Crippen LogP contribution in [0.4, 0.5) is 5.82 Å². The number of aromatic nitrogens is 2. The molecule has 2 rings (SSSR count). The highest BCUT2D eigenvalue weighted by Gasteiger charge is 2.20. The van der Waals surface area contributed by atoms with Gasteiger partial charge < -0.3 is 10.2 Å². The van der Waals surface area contributed by atoms with E-state index in [0.717, 1.165) is 25.5 Å². The maximum absolute atomic E-state index is 5.73. The molecule has 1 N–H and O–H groups in total. The molecule has 1 aromatic rings. The van der Waals surface area contributed by atoms with Crippen LogP contribution in [0.5, 0.6) is 0 Å². The smallest absolute Gasteiger partial charge is 0.151 e. The number of hydrogen-bond donors (Lipinski definition) is 1. The second kappa shape index (κ2) is 5.46. The monoisotopic (exact) mass is 240 g/mol. The van der Waals surface area contributed by atoms with Crippen molar-refractivity contribution in [2.24, 2.45) is 5.92 Å². The van der Waals surface area contributed by atoms with E-state index in [1.165, 1.54) is 12.8 Å². The van der Waals surface area contributed by atoms with Crippen LogP contribution in [-0.4, -0.2) is 36.9 Å². The van der Waals surface area contributed by atoms with Crippen LogP contribution in [0.2, 0.25) is 5.15 Å². The molecule has 88 valence electrons. The van der Waals surface area contributed by atoms with E-state index >= 15 is 0 Å². The number of rotatable bonds is 3. The summed E-state index contributed by atoms with van der Waals surface area (Å²) in [6.07, 6.45) is 2.51. The van der Waals surface area contributed by atoms with Gasteiger partial charge in [-0.3, -0.25) is 0 Å². The number of anilines is 1. The zero-order valence-electron chi connectivity index (χ0n) is 9.49. The van der Waals surface area contributed by atoms with E-state index in [1.807, 2.05) is 13.1 Å². The fourth-order valence-corrected chi connectivity index (χ4v) is 2.31. The highest BCUT2D eigenvalue weighted by Crippen LogP contribution is 2.21. The first-order chi connectivity index (χ1) is 7.79. The molecule has 1 aliphatic rings. The minimum Gasteiger partial charge on any atom is -0.355 e. The van der Waals surface area contributed by atoms with Crippen LogP contribution in [-0.2, 0) is 0 Å². The topological polar surface area (TPSA) is 41.0 Å². The molecule has 0 aromatic carbocycles. The zero-order valence-corrected chi connectivity index (χ0v) is 10.2. The Morgan fingerprint density at radius 3 is 3.06 bits per heavy atom. The third-order valence-corrected chi connectivity index (χ3v) is 3.16. The molecule has 1 aromatic heterocycles. The number of piperidine rings is 1. The molecule has 0 aliphatic carbocycles. The Labute approximate surface area is 101 Å². The van der Waals surface area contributed by atoms with Gasteiger partial charge in [0.2, 0.25) is 0 Å². The first-order valence-electron chi connectivity index (χ1n) is 5.68. The Balaban J connectivity index is 2.01. The predicted molar refractivity (Wildman–Crippen MR) is 65.9 cm³/mol. The van der Waals surface area contributed by atoms with Gasteiger partial charge in [0, 0.05) is 13.1 Å². The van der Waals surface area contributed by atoms with Gasteiger partial charge in [-0.15, -0.1) is 10.2 Å². The van der Waals surface area contributed by atoms with Crippen LogP contribution in [0, 0.1) is 5.92 Å². The van der Waals surface area contributed by atoms with Gasteiger partial charge in [-0.25, -0.2) is 0 Å². The summed E-state index contributed by atoms with van der Waals surface area (Å²) < 4.78 is 0. The summed E-state index contributed by atoms with van der Waals surface area (Å²) in [7, 11) is 2.00. The molecule has 2 heterocycles. The molecule has 1 aliphatic heterocycles. The zero-order chi connectivity index (χ0) is 11.4. The second-order valence-corrected chi connectivity index (χ2v) is 4.61. The molecule has 5 heteroatoms. The van der Waals surface area contributed by atoms with E-state index in [2.05, 4.69) is 20.4 Å². The minimum absolute atomic E-state index is 0.451. The number of nitrogens with one attached hydrogen (secondary N) is 1. The SMILES string of the molecule is CNC[C@@H]1CCCN(c2ccc(Cl)nn2)C1. The number of nitrogens with zero attached hydrogens (tertiary/aromatic N) is 3. The van der Waals surface area contributed by atoms with E-state index in [-0.39, 0.29) is 0 Å². The fourth-order valence-electron chi connectivity index (χ4n) is 2.21. The Kier molecular flexibility index (Phi) is 3.96. The first kappa shape index (κ1) is 11.6. The molecular formula is C11H17ClN4. The predicted octanol–water partition coefficient (Wildman–Crippen LogP) is 1.57. The summed E-state index contributed by atoms with van der Waals surface area (Å²) in [6, 6.07) is 3.74. The molecule has 4 nitrogen and oxygen atoms in total. The molecule has 0 bridgehead atoms. The molecule has 0 saturated carbocycles. The number of halogens is 1. The molecular weight excluding hydrogens is 224 g/mol. The maximum Gasteiger partial charge on any atom is 0.151 e. The summed E-state index contributed by atoms with van der Waals surface area (Å²) in [6.45, 7) is 3.19. The fraction of sp³-hybridized carbons (Fsp3) is 0.636. The van der Waals surface area contributed by atoms with Crippen LogP contribution >= 0.6 is 11.6 Å². The molecule has 0 spiro atoms. The van der Waals surface area contributed by atoms with Crippen molar-refractivity contribution in [1.82, 2.24) is 15.5 Å². The number of hydrogen-bond acceptors (Lipinski definition) is 4. The van der Waals surface area contributed by atoms with Crippen molar-refractivity contribution in [3.05, 3.63) is 17.3 Å². The van der Waals surface area contributed by atoms with E-state index in [0.29, 0.717) is 11.1 Å². The minimum atomic E-state index is 0.451. The third-order valence-electron chi connectivity index (χ3n) is 2.95. The Morgan fingerprint density at radius 2 is 2.38 bits per heavy atom. The van der Waals surface area contributed by atoms with Crippen molar-refractivity contribution >= 4 is 17.4 Å². The van der Waals surface area contributed by atoms with Gasteiger partial charge in [0.15, 0.2) is 11.0 Å². The average molecular weight is 241 g/mol. The highest BCUT2D eigenvalue weighted by atomic mass is 35.5. The molecule has 1 fully saturated rings. The Hall–Kier alpha value is -0.870. The molecule has 0 amide bonds. The van der Waals surface area contributed by atoms with Gasteiger partial charge in [0.05, 0.1) is 0 Å². The van der Waals surface area contributed by atoms with Gasteiger partial charge in [-0.1, -0.05) is 11.6 Å². The van der Waals surface area contributed by atoms with Gasteiger partial charge >= 0.3 is 0 Å². The van der Waals surface area contributed by atoms with Gasteiger partial charge in [0.1, 0.15) is 0 Å². The second-order valence-electron chi connectivity index (χ2n) is 4.23.